The second-order valence-corrected chi connectivity index (χ2v) is 3.71. The van der Waals surface area contributed by atoms with Crippen LogP contribution < -0.4 is 5.32 Å². The molecule has 0 bridgehead atoms. The van der Waals surface area contributed by atoms with Gasteiger partial charge in [-0.3, -0.25) is 0 Å². The number of aliphatic hydroxyl groups excluding tert-OH is 1. The van der Waals surface area contributed by atoms with E-state index in [1.54, 1.807) is 0 Å². The zero-order valence-electron chi connectivity index (χ0n) is 8.69. The Bertz CT molecular complexity index is 106. The molecule has 0 amide bonds. The minimum atomic E-state index is -0.0517. The molecule has 0 aromatic carbocycles. The minimum Gasteiger partial charge on any atom is -0.394 e. The van der Waals surface area contributed by atoms with E-state index in [0.717, 1.165) is 13.0 Å². The molecule has 12 heavy (non-hydrogen) atoms. The van der Waals surface area contributed by atoms with Crippen LogP contribution in [0.5, 0.6) is 0 Å². The van der Waals surface area contributed by atoms with E-state index < -0.39 is 0 Å². The third kappa shape index (κ3) is 4.73. The Kier molecular flexibility index (Phi) is 6.39. The van der Waals surface area contributed by atoms with Crippen molar-refractivity contribution >= 4 is 0 Å². The molecule has 2 nitrogen and oxygen atoms in total. The van der Waals surface area contributed by atoms with Crippen molar-refractivity contribution in [1.29, 1.82) is 0 Å². The van der Waals surface area contributed by atoms with Crippen molar-refractivity contribution in [3.8, 4) is 0 Å². The van der Waals surface area contributed by atoms with Gasteiger partial charge >= 0.3 is 0 Å². The Balaban J connectivity index is 3.63. The maximum absolute atomic E-state index is 9.15. The van der Waals surface area contributed by atoms with Crippen LogP contribution in [0.15, 0.2) is 0 Å². The SMILES string of the molecule is CCCCCC(C)(CO)NCC. The molecular formula is C10H23NO. The van der Waals surface area contributed by atoms with Gasteiger partial charge in [-0.15, -0.1) is 0 Å². The van der Waals surface area contributed by atoms with Crippen LogP contribution in [0.3, 0.4) is 0 Å². The molecule has 0 fully saturated rings. The summed E-state index contributed by atoms with van der Waals surface area (Å²) in [6, 6.07) is 0. The minimum absolute atomic E-state index is 0.0517. The van der Waals surface area contributed by atoms with E-state index in [1.165, 1.54) is 19.3 Å². The lowest BCUT2D eigenvalue weighted by Gasteiger charge is -2.28. The van der Waals surface area contributed by atoms with Crippen LogP contribution in [0.1, 0.15) is 46.5 Å². The fourth-order valence-corrected chi connectivity index (χ4v) is 1.42. The van der Waals surface area contributed by atoms with Crippen molar-refractivity contribution in [3.63, 3.8) is 0 Å². The van der Waals surface area contributed by atoms with Gasteiger partial charge in [0.15, 0.2) is 0 Å². The third-order valence-electron chi connectivity index (χ3n) is 2.28. The average molecular weight is 173 g/mol. The smallest absolute Gasteiger partial charge is 0.0610 e. The highest BCUT2D eigenvalue weighted by Gasteiger charge is 2.20. The van der Waals surface area contributed by atoms with Gasteiger partial charge in [-0.2, -0.15) is 0 Å². The van der Waals surface area contributed by atoms with Crippen molar-refractivity contribution < 1.29 is 5.11 Å². The van der Waals surface area contributed by atoms with Crippen molar-refractivity contribution in [2.75, 3.05) is 13.2 Å². The van der Waals surface area contributed by atoms with Gasteiger partial charge in [0.05, 0.1) is 6.61 Å². The van der Waals surface area contributed by atoms with E-state index in [-0.39, 0.29) is 12.1 Å². The molecule has 0 aliphatic heterocycles. The first kappa shape index (κ1) is 11.9. The zero-order valence-corrected chi connectivity index (χ0v) is 8.69. The summed E-state index contributed by atoms with van der Waals surface area (Å²) in [5, 5.41) is 12.5. The van der Waals surface area contributed by atoms with Gasteiger partial charge in [0, 0.05) is 5.54 Å². The molecule has 1 unspecified atom stereocenters. The molecule has 0 aliphatic rings. The van der Waals surface area contributed by atoms with Gasteiger partial charge in [-0.05, 0) is 19.9 Å². The Morgan fingerprint density at radius 2 is 1.92 bits per heavy atom. The van der Waals surface area contributed by atoms with E-state index in [4.69, 9.17) is 5.11 Å². The van der Waals surface area contributed by atoms with Gasteiger partial charge in [0.25, 0.3) is 0 Å². The number of likely N-dealkylation sites (N-methyl/N-ethyl adjacent to an activating group) is 1. The lowest BCUT2D eigenvalue weighted by Crippen LogP contribution is -2.45. The van der Waals surface area contributed by atoms with Gasteiger partial charge in [-0.1, -0.05) is 33.1 Å². The van der Waals surface area contributed by atoms with Crippen molar-refractivity contribution in [2.24, 2.45) is 0 Å². The average Bonchev–Trinajstić information content (AvgIpc) is 2.06. The first-order valence-corrected chi connectivity index (χ1v) is 5.04. The number of hydrogen-bond donors (Lipinski definition) is 2. The monoisotopic (exact) mass is 173 g/mol. The molecule has 0 heterocycles. The summed E-state index contributed by atoms with van der Waals surface area (Å²) in [4.78, 5) is 0. The molecule has 0 saturated carbocycles. The fraction of sp³-hybridized carbons (Fsp3) is 1.00. The predicted molar refractivity (Wildman–Crippen MR) is 53.3 cm³/mol. The van der Waals surface area contributed by atoms with E-state index >= 15 is 0 Å². The molecule has 0 aliphatic carbocycles. The molecule has 2 heteroatoms. The number of hydrogen-bond acceptors (Lipinski definition) is 2. The number of nitrogens with one attached hydrogen (secondary N) is 1. The van der Waals surface area contributed by atoms with Gasteiger partial charge in [-0.25, -0.2) is 0 Å². The Hall–Kier alpha value is -0.0800. The molecule has 0 rings (SSSR count). The van der Waals surface area contributed by atoms with Crippen LogP contribution in [-0.2, 0) is 0 Å². The van der Waals surface area contributed by atoms with E-state index in [1.807, 2.05) is 0 Å². The van der Waals surface area contributed by atoms with Crippen molar-refractivity contribution in [3.05, 3.63) is 0 Å². The largest absolute Gasteiger partial charge is 0.394 e. The number of unbranched alkanes of at least 4 members (excludes halogenated alkanes) is 2. The second-order valence-electron chi connectivity index (χ2n) is 3.71. The van der Waals surface area contributed by atoms with Crippen LogP contribution in [-0.4, -0.2) is 23.8 Å². The molecule has 0 radical (unpaired) electrons. The van der Waals surface area contributed by atoms with Gasteiger partial charge in [0.1, 0.15) is 0 Å². The molecule has 0 aromatic heterocycles. The molecular weight excluding hydrogens is 150 g/mol. The first-order chi connectivity index (χ1) is 5.68. The summed E-state index contributed by atoms with van der Waals surface area (Å²) < 4.78 is 0. The zero-order chi connectivity index (χ0) is 9.45. The van der Waals surface area contributed by atoms with Crippen LogP contribution in [0, 0.1) is 0 Å². The molecule has 0 aromatic rings. The highest BCUT2D eigenvalue weighted by Crippen LogP contribution is 2.13. The quantitative estimate of drug-likeness (QED) is 0.577. The summed E-state index contributed by atoms with van der Waals surface area (Å²) in [6.07, 6.45) is 4.79. The topological polar surface area (TPSA) is 32.3 Å². The summed E-state index contributed by atoms with van der Waals surface area (Å²) >= 11 is 0. The van der Waals surface area contributed by atoms with Crippen molar-refractivity contribution in [2.45, 2.75) is 52.0 Å². The normalized spacial score (nSPS) is 16.0. The second kappa shape index (κ2) is 6.44. The maximum atomic E-state index is 9.15. The van der Waals surface area contributed by atoms with E-state index in [0.29, 0.717) is 0 Å². The Labute approximate surface area is 76.4 Å². The van der Waals surface area contributed by atoms with E-state index in [9.17, 15) is 0 Å². The third-order valence-corrected chi connectivity index (χ3v) is 2.28. The predicted octanol–water partition coefficient (Wildman–Crippen LogP) is 1.93. The summed E-state index contributed by atoms with van der Waals surface area (Å²) in [6.45, 7) is 7.54. The summed E-state index contributed by atoms with van der Waals surface area (Å²) in [7, 11) is 0. The van der Waals surface area contributed by atoms with Gasteiger partial charge in [0.2, 0.25) is 0 Å². The summed E-state index contributed by atoms with van der Waals surface area (Å²) in [5.74, 6) is 0. The standard InChI is InChI=1S/C10H23NO/c1-4-6-7-8-10(3,9-12)11-5-2/h11-12H,4-9H2,1-3H3. The molecule has 0 saturated heterocycles. The molecule has 74 valence electrons. The summed E-state index contributed by atoms with van der Waals surface area (Å²) in [5.41, 5.74) is -0.0517. The molecule has 1 atom stereocenters. The molecule has 2 N–H and O–H groups in total. The highest BCUT2D eigenvalue weighted by molar-refractivity contribution is 4.81. The number of aliphatic hydroxyl groups is 1. The number of rotatable bonds is 7. The van der Waals surface area contributed by atoms with E-state index in [2.05, 4.69) is 26.1 Å². The Morgan fingerprint density at radius 3 is 2.33 bits per heavy atom. The fourth-order valence-electron chi connectivity index (χ4n) is 1.42. The van der Waals surface area contributed by atoms with Crippen LogP contribution in [0.4, 0.5) is 0 Å². The van der Waals surface area contributed by atoms with Crippen molar-refractivity contribution in [1.82, 2.24) is 5.32 Å². The first-order valence-electron chi connectivity index (χ1n) is 5.04. The Morgan fingerprint density at radius 1 is 1.25 bits per heavy atom. The van der Waals surface area contributed by atoms with Crippen LogP contribution in [0.2, 0.25) is 0 Å². The maximum Gasteiger partial charge on any atom is 0.0610 e. The highest BCUT2D eigenvalue weighted by atomic mass is 16.3. The van der Waals surface area contributed by atoms with Crippen LogP contribution in [0.25, 0.3) is 0 Å². The lowest BCUT2D eigenvalue weighted by atomic mass is 9.95. The van der Waals surface area contributed by atoms with Gasteiger partial charge < -0.3 is 10.4 Å². The lowest BCUT2D eigenvalue weighted by molar-refractivity contribution is 0.165. The molecule has 0 spiro atoms. The van der Waals surface area contributed by atoms with Crippen LogP contribution >= 0.6 is 0 Å².